The Morgan fingerprint density at radius 2 is 2.06 bits per heavy atom. The molecule has 2 N–H and O–H groups in total. The molecule has 1 aliphatic rings. The molecule has 0 unspecified atom stereocenters. The summed E-state index contributed by atoms with van der Waals surface area (Å²) in [6, 6.07) is 5.75. The van der Waals surface area contributed by atoms with Gasteiger partial charge < -0.3 is 5.73 Å². The monoisotopic (exact) mass is 255 g/mol. The van der Waals surface area contributed by atoms with Gasteiger partial charge >= 0.3 is 0 Å². The zero-order valence-corrected chi connectivity index (χ0v) is 11.0. The third kappa shape index (κ3) is 3.08. The van der Waals surface area contributed by atoms with Gasteiger partial charge in [-0.05, 0) is 36.6 Å². The van der Waals surface area contributed by atoms with Crippen molar-refractivity contribution in [3.63, 3.8) is 0 Å². The molecule has 0 spiro atoms. The fraction of sp³-hybridized carbons (Fsp3) is 0.538. The van der Waals surface area contributed by atoms with Gasteiger partial charge in [0.15, 0.2) is 0 Å². The lowest BCUT2D eigenvalue weighted by Crippen LogP contribution is -1.99. The van der Waals surface area contributed by atoms with Gasteiger partial charge in [-0.3, -0.25) is 0 Å². The summed E-state index contributed by atoms with van der Waals surface area (Å²) in [7, 11) is 0. The lowest BCUT2D eigenvalue weighted by atomic mass is 10.1. The average molecular weight is 256 g/mol. The number of benzene rings is 1. The van der Waals surface area contributed by atoms with E-state index in [-0.39, 0.29) is 0 Å². The number of hydrogen-bond donors (Lipinski definition) is 1. The maximum Gasteiger partial charge on any atom is 0.0466 e. The predicted molar refractivity (Wildman–Crippen MR) is 74.0 cm³/mol. The van der Waals surface area contributed by atoms with Crippen molar-refractivity contribution >= 4 is 29.1 Å². The van der Waals surface area contributed by atoms with E-state index in [0.29, 0.717) is 0 Å². The molecule has 0 amide bonds. The topological polar surface area (TPSA) is 26.0 Å². The first-order valence-electron chi connectivity index (χ1n) is 5.88. The molecule has 2 rings (SSSR count). The van der Waals surface area contributed by atoms with Gasteiger partial charge in [-0.2, -0.15) is 11.8 Å². The quantitative estimate of drug-likeness (QED) is 0.810. The summed E-state index contributed by atoms with van der Waals surface area (Å²) in [5.74, 6) is 3.13. The van der Waals surface area contributed by atoms with Gasteiger partial charge in [0, 0.05) is 22.0 Å². The van der Waals surface area contributed by atoms with Gasteiger partial charge in [-0.1, -0.05) is 30.5 Å². The number of thioether (sulfide) groups is 1. The molecule has 1 saturated carbocycles. The number of hydrogen-bond acceptors (Lipinski definition) is 2. The summed E-state index contributed by atoms with van der Waals surface area (Å²) in [6.07, 6.45) is 5.65. The van der Waals surface area contributed by atoms with Crippen LogP contribution in [0, 0.1) is 5.92 Å². The molecule has 0 heterocycles. The highest BCUT2D eigenvalue weighted by atomic mass is 35.5. The van der Waals surface area contributed by atoms with Crippen LogP contribution in [0.25, 0.3) is 0 Å². The first-order valence-corrected chi connectivity index (χ1v) is 7.41. The van der Waals surface area contributed by atoms with Crippen molar-refractivity contribution in [3.8, 4) is 0 Å². The van der Waals surface area contributed by atoms with Crippen LogP contribution in [0.15, 0.2) is 18.2 Å². The summed E-state index contributed by atoms with van der Waals surface area (Å²) >= 11 is 8.10. The second kappa shape index (κ2) is 5.83. The molecule has 1 aliphatic carbocycles. The van der Waals surface area contributed by atoms with E-state index in [4.69, 9.17) is 17.3 Å². The average Bonchev–Trinajstić information content (AvgIpc) is 2.75. The van der Waals surface area contributed by atoms with Gasteiger partial charge in [0.25, 0.3) is 0 Å². The molecule has 88 valence electrons. The SMILES string of the molecule is Nc1cccc(Cl)c1CSCC1CCCC1. The van der Waals surface area contributed by atoms with Gasteiger partial charge in [0.1, 0.15) is 0 Å². The second-order valence-electron chi connectivity index (χ2n) is 4.47. The van der Waals surface area contributed by atoms with Crippen LogP contribution in [0.1, 0.15) is 31.2 Å². The Balaban J connectivity index is 1.84. The van der Waals surface area contributed by atoms with Crippen LogP contribution in [0.5, 0.6) is 0 Å². The zero-order valence-electron chi connectivity index (χ0n) is 9.42. The lowest BCUT2D eigenvalue weighted by Gasteiger charge is -2.10. The minimum atomic E-state index is 0.805. The van der Waals surface area contributed by atoms with E-state index < -0.39 is 0 Å². The molecule has 0 bridgehead atoms. The largest absolute Gasteiger partial charge is 0.398 e. The van der Waals surface area contributed by atoms with E-state index in [1.807, 2.05) is 30.0 Å². The maximum absolute atomic E-state index is 6.13. The Labute approximate surface area is 107 Å². The molecule has 1 aromatic rings. The summed E-state index contributed by atoms with van der Waals surface area (Å²) in [4.78, 5) is 0. The minimum Gasteiger partial charge on any atom is -0.398 e. The molecule has 1 aromatic carbocycles. The fourth-order valence-electron chi connectivity index (χ4n) is 2.23. The first kappa shape index (κ1) is 12.1. The van der Waals surface area contributed by atoms with Crippen molar-refractivity contribution in [2.24, 2.45) is 5.92 Å². The highest BCUT2D eigenvalue weighted by Gasteiger charge is 2.15. The molecule has 0 saturated heterocycles. The van der Waals surface area contributed by atoms with Gasteiger partial charge in [0.2, 0.25) is 0 Å². The van der Waals surface area contributed by atoms with Crippen LogP contribution in [0.2, 0.25) is 5.02 Å². The van der Waals surface area contributed by atoms with E-state index in [0.717, 1.165) is 27.9 Å². The van der Waals surface area contributed by atoms with E-state index in [9.17, 15) is 0 Å². The van der Waals surface area contributed by atoms with E-state index in [1.165, 1.54) is 31.4 Å². The molecule has 0 radical (unpaired) electrons. The van der Waals surface area contributed by atoms with Crippen molar-refractivity contribution in [1.29, 1.82) is 0 Å². The fourth-order valence-corrected chi connectivity index (χ4v) is 3.87. The summed E-state index contributed by atoms with van der Waals surface area (Å²) < 4.78 is 0. The normalized spacial score (nSPS) is 16.8. The number of halogens is 1. The maximum atomic E-state index is 6.13. The van der Waals surface area contributed by atoms with Crippen LogP contribution in [0.3, 0.4) is 0 Å². The van der Waals surface area contributed by atoms with Crippen molar-refractivity contribution in [2.45, 2.75) is 31.4 Å². The van der Waals surface area contributed by atoms with E-state index >= 15 is 0 Å². The lowest BCUT2D eigenvalue weighted by molar-refractivity contribution is 0.623. The molecular weight excluding hydrogens is 238 g/mol. The molecule has 1 nitrogen and oxygen atoms in total. The Morgan fingerprint density at radius 3 is 2.75 bits per heavy atom. The summed E-state index contributed by atoms with van der Waals surface area (Å²) in [6.45, 7) is 0. The molecule has 3 heteroatoms. The van der Waals surface area contributed by atoms with Gasteiger partial charge in [-0.25, -0.2) is 0 Å². The van der Waals surface area contributed by atoms with Gasteiger partial charge in [-0.15, -0.1) is 0 Å². The molecule has 0 aliphatic heterocycles. The Bertz CT molecular complexity index is 328. The Hall–Kier alpha value is -0.340. The molecule has 0 aromatic heterocycles. The highest BCUT2D eigenvalue weighted by molar-refractivity contribution is 7.98. The molecule has 1 fully saturated rings. The Kier molecular flexibility index (Phi) is 4.42. The highest BCUT2D eigenvalue weighted by Crippen LogP contribution is 2.31. The standard InChI is InChI=1S/C13H18ClNS/c14-12-6-3-7-13(15)11(12)9-16-8-10-4-1-2-5-10/h3,6-7,10H,1-2,4-5,8-9,15H2. The van der Waals surface area contributed by atoms with Crippen LogP contribution >= 0.6 is 23.4 Å². The zero-order chi connectivity index (χ0) is 11.4. The summed E-state index contributed by atoms with van der Waals surface area (Å²) in [5, 5.41) is 0.805. The third-order valence-electron chi connectivity index (χ3n) is 3.23. The van der Waals surface area contributed by atoms with Crippen molar-refractivity contribution in [2.75, 3.05) is 11.5 Å². The summed E-state index contributed by atoms with van der Waals surface area (Å²) in [5.41, 5.74) is 7.85. The van der Waals surface area contributed by atoms with Crippen molar-refractivity contribution in [3.05, 3.63) is 28.8 Å². The molecule has 0 atom stereocenters. The molecule has 16 heavy (non-hydrogen) atoms. The predicted octanol–water partition coefficient (Wildman–Crippen LogP) is 4.35. The number of rotatable bonds is 4. The molecular formula is C13H18ClNS. The number of anilines is 1. The smallest absolute Gasteiger partial charge is 0.0466 e. The second-order valence-corrected chi connectivity index (χ2v) is 5.91. The third-order valence-corrected chi connectivity index (χ3v) is 4.78. The van der Waals surface area contributed by atoms with Gasteiger partial charge in [0.05, 0.1) is 0 Å². The van der Waals surface area contributed by atoms with Crippen LogP contribution < -0.4 is 5.73 Å². The van der Waals surface area contributed by atoms with Crippen LogP contribution in [-0.4, -0.2) is 5.75 Å². The number of nitrogens with two attached hydrogens (primary N) is 1. The van der Waals surface area contributed by atoms with Crippen molar-refractivity contribution < 1.29 is 0 Å². The van der Waals surface area contributed by atoms with E-state index in [1.54, 1.807) is 0 Å². The Morgan fingerprint density at radius 1 is 1.31 bits per heavy atom. The van der Waals surface area contributed by atoms with Crippen LogP contribution in [-0.2, 0) is 5.75 Å². The van der Waals surface area contributed by atoms with Crippen molar-refractivity contribution in [1.82, 2.24) is 0 Å². The minimum absolute atomic E-state index is 0.805. The number of nitrogen functional groups attached to an aromatic ring is 1. The first-order chi connectivity index (χ1) is 7.77. The van der Waals surface area contributed by atoms with E-state index in [2.05, 4.69) is 0 Å². The van der Waals surface area contributed by atoms with Crippen LogP contribution in [0.4, 0.5) is 5.69 Å².